The van der Waals surface area contributed by atoms with Gasteiger partial charge in [0.15, 0.2) is 0 Å². The Morgan fingerprint density at radius 3 is 2.40 bits per heavy atom. The Hall–Kier alpha value is -2.51. The number of para-hydroxylation sites is 1. The second-order valence-electron chi connectivity index (χ2n) is 8.16. The molecule has 3 amide bonds. The molecule has 3 heterocycles. The van der Waals surface area contributed by atoms with Gasteiger partial charge in [0.25, 0.3) is 5.91 Å². The van der Waals surface area contributed by atoms with Gasteiger partial charge in [0, 0.05) is 29.2 Å². The summed E-state index contributed by atoms with van der Waals surface area (Å²) in [6, 6.07) is 16.8. The number of rotatable bonds is 4. The first kappa shape index (κ1) is 19.5. The van der Waals surface area contributed by atoms with Gasteiger partial charge in [0.2, 0.25) is 11.8 Å². The summed E-state index contributed by atoms with van der Waals surface area (Å²) in [4.78, 5) is 43.7. The number of imide groups is 1. The first-order valence-electron chi connectivity index (χ1n) is 10.1. The average Bonchev–Trinajstić information content (AvgIpc) is 3.29. The molecule has 5 rings (SSSR count). The van der Waals surface area contributed by atoms with Crippen LogP contribution in [-0.4, -0.2) is 40.5 Å². The fraction of sp³-hybridized carbons (Fsp3) is 0.348. The number of alkyl halides is 1. The maximum atomic E-state index is 13.7. The molecule has 3 aliphatic rings. The highest BCUT2D eigenvalue weighted by molar-refractivity contribution is 9.09. The topological polar surface area (TPSA) is 69.7 Å². The smallest absolute Gasteiger partial charge is 0.252 e. The molecule has 1 N–H and O–H groups in total. The van der Waals surface area contributed by atoms with E-state index in [2.05, 4.69) is 21.2 Å². The van der Waals surface area contributed by atoms with Crippen LogP contribution in [0.1, 0.15) is 18.1 Å². The molecule has 0 radical (unpaired) electrons. The van der Waals surface area contributed by atoms with Crippen molar-refractivity contribution in [2.75, 3.05) is 16.8 Å². The number of amides is 3. The lowest BCUT2D eigenvalue weighted by molar-refractivity contribution is -0.143. The molecule has 3 aliphatic heterocycles. The van der Waals surface area contributed by atoms with E-state index >= 15 is 0 Å². The molecular weight excluding hydrogens is 446 g/mol. The highest BCUT2D eigenvalue weighted by Crippen LogP contribution is 2.54. The molecule has 7 heteroatoms. The first-order valence-corrected chi connectivity index (χ1v) is 11.3. The number of nitrogens with one attached hydrogen (secondary N) is 1. The van der Waals surface area contributed by atoms with Crippen molar-refractivity contribution >= 4 is 39.3 Å². The Morgan fingerprint density at radius 2 is 1.67 bits per heavy atom. The largest absolute Gasteiger partial charge is 0.309 e. The van der Waals surface area contributed by atoms with Gasteiger partial charge in [-0.05, 0) is 18.6 Å². The lowest BCUT2D eigenvalue weighted by Crippen LogP contribution is -2.55. The average molecular weight is 468 g/mol. The Bertz CT molecular complexity index is 1040. The number of hydrogen-bond donors (Lipinski definition) is 1. The number of nitrogens with zero attached hydrogens (tertiary/aromatic N) is 2. The van der Waals surface area contributed by atoms with Crippen molar-refractivity contribution in [1.82, 2.24) is 10.2 Å². The van der Waals surface area contributed by atoms with Crippen LogP contribution in [0, 0.1) is 11.8 Å². The molecule has 4 atom stereocenters. The van der Waals surface area contributed by atoms with Gasteiger partial charge in [-0.25, -0.2) is 0 Å². The lowest BCUT2D eigenvalue weighted by atomic mass is 9.76. The summed E-state index contributed by atoms with van der Waals surface area (Å²) in [7, 11) is 0. The monoisotopic (exact) mass is 467 g/mol. The molecule has 2 aromatic rings. The Morgan fingerprint density at radius 1 is 0.967 bits per heavy atom. The van der Waals surface area contributed by atoms with Crippen molar-refractivity contribution in [2.24, 2.45) is 11.8 Å². The van der Waals surface area contributed by atoms with Gasteiger partial charge in [0.05, 0.1) is 18.4 Å². The van der Waals surface area contributed by atoms with Crippen LogP contribution in [0.5, 0.6) is 0 Å². The van der Waals surface area contributed by atoms with Gasteiger partial charge in [0.1, 0.15) is 5.54 Å². The van der Waals surface area contributed by atoms with Crippen molar-refractivity contribution in [3.8, 4) is 0 Å². The normalized spacial score (nSPS) is 29.8. The van der Waals surface area contributed by atoms with E-state index in [1.165, 1.54) is 4.90 Å². The highest BCUT2D eigenvalue weighted by Gasteiger charge is 2.70. The predicted octanol–water partition coefficient (Wildman–Crippen LogP) is 2.42. The summed E-state index contributed by atoms with van der Waals surface area (Å²) in [6.45, 7) is 2.63. The zero-order valence-electron chi connectivity index (χ0n) is 16.5. The fourth-order valence-electron chi connectivity index (χ4n) is 5.40. The van der Waals surface area contributed by atoms with Crippen molar-refractivity contribution in [1.29, 1.82) is 0 Å². The first-order chi connectivity index (χ1) is 14.5. The molecule has 6 nitrogen and oxygen atoms in total. The zero-order valence-corrected chi connectivity index (χ0v) is 18.1. The van der Waals surface area contributed by atoms with E-state index < -0.39 is 17.4 Å². The molecule has 0 bridgehead atoms. The van der Waals surface area contributed by atoms with Gasteiger partial charge in [-0.3, -0.25) is 24.6 Å². The van der Waals surface area contributed by atoms with Crippen molar-refractivity contribution in [2.45, 2.75) is 25.0 Å². The molecular formula is C23H22BrN3O3. The second kappa shape index (κ2) is 7.03. The van der Waals surface area contributed by atoms with E-state index in [1.54, 1.807) is 4.90 Å². The molecule has 0 aliphatic carbocycles. The molecule has 0 saturated carbocycles. The third kappa shape index (κ3) is 2.48. The summed E-state index contributed by atoms with van der Waals surface area (Å²) in [6.07, 6.45) is 0. The van der Waals surface area contributed by atoms with Gasteiger partial charge >= 0.3 is 0 Å². The number of carbonyl (C=O) groups is 3. The second-order valence-corrected chi connectivity index (χ2v) is 8.95. The summed E-state index contributed by atoms with van der Waals surface area (Å²) in [5, 5.41) is 4.02. The molecule has 2 aromatic carbocycles. The maximum absolute atomic E-state index is 13.7. The highest BCUT2D eigenvalue weighted by atomic mass is 79.9. The van der Waals surface area contributed by atoms with E-state index in [0.717, 1.165) is 16.8 Å². The number of likely N-dealkylation sites (tertiary alicyclic amines) is 1. The third-order valence-corrected chi connectivity index (χ3v) is 6.95. The Balaban J connectivity index is 1.60. The van der Waals surface area contributed by atoms with Crippen LogP contribution in [0.2, 0.25) is 0 Å². The number of carbonyl (C=O) groups excluding carboxylic acids is 3. The van der Waals surface area contributed by atoms with Crippen LogP contribution in [-0.2, 0) is 26.5 Å². The predicted molar refractivity (Wildman–Crippen MR) is 116 cm³/mol. The maximum Gasteiger partial charge on any atom is 0.252 e. The van der Waals surface area contributed by atoms with Crippen LogP contribution in [0.4, 0.5) is 5.69 Å². The zero-order chi connectivity index (χ0) is 21.0. The quantitative estimate of drug-likeness (QED) is 0.553. The standard InChI is InChI=1S/C23H22BrN3O3/c1-14-18-19(21(29)27(20(18)28)13-15-7-3-2-4-8-15)23(25-14)16-9-5-6-10-17(16)26(12-11-24)22(23)30/h2-10,14,18-19,25H,11-13H2,1H3/t14-,18+,19-,23-/m0/s1. The van der Waals surface area contributed by atoms with Crippen LogP contribution >= 0.6 is 15.9 Å². The van der Waals surface area contributed by atoms with E-state index in [0.29, 0.717) is 11.9 Å². The lowest BCUT2D eigenvalue weighted by Gasteiger charge is -2.30. The van der Waals surface area contributed by atoms with Crippen LogP contribution in [0.25, 0.3) is 0 Å². The number of fused-ring (bicyclic) bond motifs is 4. The van der Waals surface area contributed by atoms with Crippen molar-refractivity contribution < 1.29 is 14.4 Å². The van der Waals surface area contributed by atoms with Crippen LogP contribution in [0.3, 0.4) is 0 Å². The summed E-state index contributed by atoms with van der Waals surface area (Å²) in [5.74, 6) is -1.91. The Kier molecular flexibility index (Phi) is 4.56. The molecule has 0 aromatic heterocycles. The summed E-state index contributed by atoms with van der Waals surface area (Å²) in [5.41, 5.74) is 1.30. The molecule has 154 valence electrons. The van der Waals surface area contributed by atoms with Gasteiger partial charge in [-0.2, -0.15) is 0 Å². The minimum Gasteiger partial charge on any atom is -0.309 e. The number of anilines is 1. The fourth-order valence-corrected chi connectivity index (χ4v) is 5.75. The van der Waals surface area contributed by atoms with Crippen molar-refractivity contribution in [3.63, 3.8) is 0 Å². The van der Waals surface area contributed by atoms with E-state index in [1.807, 2.05) is 61.5 Å². The Labute approximate surface area is 183 Å². The van der Waals surface area contributed by atoms with E-state index in [9.17, 15) is 14.4 Å². The van der Waals surface area contributed by atoms with E-state index in [-0.39, 0.29) is 30.3 Å². The van der Waals surface area contributed by atoms with E-state index in [4.69, 9.17) is 0 Å². The van der Waals surface area contributed by atoms with Gasteiger partial charge in [-0.15, -0.1) is 0 Å². The SMILES string of the molecule is C[C@@H]1N[C@]2(C(=O)N(CCBr)c3ccccc32)[C@@H]2C(=O)N(Cc3ccccc3)C(=O)[C@H]12. The van der Waals surface area contributed by atoms with Crippen molar-refractivity contribution in [3.05, 3.63) is 65.7 Å². The van der Waals surface area contributed by atoms with Crippen LogP contribution < -0.4 is 10.2 Å². The number of hydrogen-bond acceptors (Lipinski definition) is 4. The van der Waals surface area contributed by atoms with Gasteiger partial charge in [-0.1, -0.05) is 64.5 Å². The molecule has 1 spiro atoms. The van der Waals surface area contributed by atoms with Crippen LogP contribution in [0.15, 0.2) is 54.6 Å². The summed E-state index contributed by atoms with van der Waals surface area (Å²) < 4.78 is 0. The molecule has 2 saturated heterocycles. The molecule has 0 unspecified atom stereocenters. The minimum atomic E-state index is -1.19. The third-order valence-electron chi connectivity index (χ3n) is 6.60. The molecule has 2 fully saturated rings. The minimum absolute atomic E-state index is 0.148. The summed E-state index contributed by atoms with van der Waals surface area (Å²) >= 11 is 3.43. The number of halogens is 1. The molecule has 30 heavy (non-hydrogen) atoms. The van der Waals surface area contributed by atoms with Gasteiger partial charge < -0.3 is 4.90 Å². The number of benzene rings is 2.